The highest BCUT2D eigenvalue weighted by molar-refractivity contribution is 14.1. The third-order valence-corrected chi connectivity index (χ3v) is 2.95. The summed E-state index contributed by atoms with van der Waals surface area (Å²) in [7, 11) is 0. The minimum atomic E-state index is 0.604. The van der Waals surface area contributed by atoms with Crippen molar-refractivity contribution >= 4 is 39.3 Å². The number of hydrogen-bond acceptors (Lipinski definition) is 3. The highest BCUT2D eigenvalue weighted by Crippen LogP contribution is 2.21. The molecule has 0 saturated heterocycles. The van der Waals surface area contributed by atoms with Crippen LogP contribution in [-0.4, -0.2) is 16.5 Å². The molecular formula is C12H14IN3. The second-order valence-corrected chi connectivity index (χ2v) is 5.40. The Kier molecular flexibility index (Phi) is 3.58. The molecule has 0 fully saturated rings. The van der Waals surface area contributed by atoms with Gasteiger partial charge >= 0.3 is 0 Å². The van der Waals surface area contributed by atoms with E-state index in [2.05, 4.69) is 63.9 Å². The van der Waals surface area contributed by atoms with Gasteiger partial charge in [0.25, 0.3) is 0 Å². The van der Waals surface area contributed by atoms with Crippen LogP contribution in [0, 0.1) is 9.49 Å². The van der Waals surface area contributed by atoms with Gasteiger partial charge in [0, 0.05) is 15.5 Å². The number of aromatic nitrogens is 2. The summed E-state index contributed by atoms with van der Waals surface area (Å²) in [6.45, 7) is 5.29. The molecule has 2 aromatic rings. The molecule has 1 aromatic heterocycles. The molecule has 1 aromatic carbocycles. The smallest absolute Gasteiger partial charge is 0.137 e. The molecule has 0 amide bonds. The van der Waals surface area contributed by atoms with Gasteiger partial charge in [-0.05, 0) is 46.7 Å². The van der Waals surface area contributed by atoms with Crippen molar-refractivity contribution < 1.29 is 0 Å². The fourth-order valence-electron chi connectivity index (χ4n) is 1.47. The van der Waals surface area contributed by atoms with Gasteiger partial charge in [-0.3, -0.25) is 0 Å². The van der Waals surface area contributed by atoms with Crippen molar-refractivity contribution in [3.63, 3.8) is 0 Å². The van der Waals surface area contributed by atoms with Crippen LogP contribution >= 0.6 is 22.6 Å². The first-order valence-corrected chi connectivity index (χ1v) is 6.39. The first-order chi connectivity index (χ1) is 7.66. The van der Waals surface area contributed by atoms with E-state index in [1.165, 1.54) is 3.57 Å². The third kappa shape index (κ3) is 2.61. The minimum absolute atomic E-state index is 0.604. The number of nitrogens with zero attached hydrogens (tertiary/aromatic N) is 2. The Bertz CT molecular complexity index is 497. The standard InChI is InChI=1S/C12H14IN3/c1-8(2)6-14-12-10-5-9(13)3-4-11(10)15-7-16-12/h3-5,7-8H,6H2,1-2H3,(H,14,15,16). The highest BCUT2D eigenvalue weighted by Gasteiger charge is 2.04. The Balaban J connectivity index is 2.40. The number of nitrogens with one attached hydrogen (secondary N) is 1. The monoisotopic (exact) mass is 327 g/mol. The lowest BCUT2D eigenvalue weighted by Gasteiger charge is -2.10. The first kappa shape index (κ1) is 11.6. The Morgan fingerprint density at radius 2 is 2.12 bits per heavy atom. The lowest BCUT2D eigenvalue weighted by atomic mass is 10.2. The topological polar surface area (TPSA) is 37.8 Å². The summed E-state index contributed by atoms with van der Waals surface area (Å²) in [6.07, 6.45) is 1.61. The molecule has 0 bridgehead atoms. The van der Waals surface area contributed by atoms with Crippen LogP contribution in [-0.2, 0) is 0 Å². The van der Waals surface area contributed by atoms with Crippen molar-refractivity contribution in [2.45, 2.75) is 13.8 Å². The molecule has 0 atom stereocenters. The van der Waals surface area contributed by atoms with Gasteiger partial charge in [0.05, 0.1) is 5.52 Å². The second kappa shape index (κ2) is 4.95. The highest BCUT2D eigenvalue weighted by atomic mass is 127. The number of fused-ring (bicyclic) bond motifs is 1. The molecule has 0 aliphatic rings. The van der Waals surface area contributed by atoms with E-state index >= 15 is 0 Å². The molecule has 0 radical (unpaired) electrons. The van der Waals surface area contributed by atoms with Crippen LogP contribution in [0.5, 0.6) is 0 Å². The van der Waals surface area contributed by atoms with Crippen LogP contribution < -0.4 is 5.32 Å². The number of halogens is 1. The van der Waals surface area contributed by atoms with Crippen molar-refractivity contribution in [3.8, 4) is 0 Å². The zero-order valence-corrected chi connectivity index (χ0v) is 11.5. The maximum Gasteiger partial charge on any atom is 0.137 e. The zero-order chi connectivity index (χ0) is 11.5. The average molecular weight is 327 g/mol. The van der Waals surface area contributed by atoms with Gasteiger partial charge in [0.1, 0.15) is 12.1 Å². The summed E-state index contributed by atoms with van der Waals surface area (Å²) in [5.41, 5.74) is 0.988. The third-order valence-electron chi connectivity index (χ3n) is 2.28. The summed E-state index contributed by atoms with van der Waals surface area (Å²) in [4.78, 5) is 8.55. The number of hydrogen-bond donors (Lipinski definition) is 1. The molecule has 2 rings (SSSR count). The molecule has 84 valence electrons. The van der Waals surface area contributed by atoms with Crippen molar-refractivity contribution in [2.24, 2.45) is 5.92 Å². The van der Waals surface area contributed by atoms with Crippen molar-refractivity contribution in [2.75, 3.05) is 11.9 Å². The van der Waals surface area contributed by atoms with E-state index < -0.39 is 0 Å². The van der Waals surface area contributed by atoms with E-state index in [0.29, 0.717) is 5.92 Å². The van der Waals surface area contributed by atoms with Gasteiger partial charge in [-0.25, -0.2) is 9.97 Å². The van der Waals surface area contributed by atoms with Crippen LogP contribution in [0.2, 0.25) is 0 Å². The molecule has 4 heteroatoms. The maximum absolute atomic E-state index is 4.29. The van der Waals surface area contributed by atoms with Gasteiger partial charge in [0.2, 0.25) is 0 Å². The predicted molar refractivity (Wildman–Crippen MR) is 75.6 cm³/mol. The predicted octanol–water partition coefficient (Wildman–Crippen LogP) is 3.30. The lowest BCUT2D eigenvalue weighted by Crippen LogP contribution is -2.09. The molecule has 3 nitrogen and oxygen atoms in total. The van der Waals surface area contributed by atoms with Gasteiger partial charge in [-0.2, -0.15) is 0 Å². The maximum atomic E-state index is 4.29. The molecule has 1 heterocycles. The summed E-state index contributed by atoms with van der Waals surface area (Å²) in [5, 5.41) is 4.45. The van der Waals surface area contributed by atoms with Crippen LogP contribution in [0.25, 0.3) is 10.9 Å². The fourth-order valence-corrected chi connectivity index (χ4v) is 1.96. The van der Waals surface area contributed by atoms with E-state index in [1.807, 2.05) is 6.07 Å². The molecule has 0 aliphatic carbocycles. The molecular weight excluding hydrogens is 313 g/mol. The second-order valence-electron chi connectivity index (χ2n) is 4.16. The van der Waals surface area contributed by atoms with Crippen molar-refractivity contribution in [1.82, 2.24) is 9.97 Å². The summed E-state index contributed by atoms with van der Waals surface area (Å²) >= 11 is 2.30. The van der Waals surface area contributed by atoms with Crippen molar-refractivity contribution in [3.05, 3.63) is 28.1 Å². The van der Waals surface area contributed by atoms with Crippen LogP contribution in [0.15, 0.2) is 24.5 Å². The van der Waals surface area contributed by atoms with E-state index in [9.17, 15) is 0 Å². The zero-order valence-electron chi connectivity index (χ0n) is 9.37. The molecule has 0 aliphatic heterocycles. The van der Waals surface area contributed by atoms with Gasteiger partial charge in [0.15, 0.2) is 0 Å². The average Bonchev–Trinajstić information content (AvgIpc) is 2.26. The Labute approximate surface area is 109 Å². The minimum Gasteiger partial charge on any atom is -0.369 e. The Morgan fingerprint density at radius 1 is 1.31 bits per heavy atom. The Hall–Kier alpha value is -0.910. The Morgan fingerprint density at radius 3 is 2.88 bits per heavy atom. The molecule has 0 unspecified atom stereocenters. The van der Waals surface area contributed by atoms with Gasteiger partial charge in [-0.1, -0.05) is 13.8 Å². The summed E-state index contributed by atoms with van der Waals surface area (Å²) in [5.74, 6) is 1.53. The quantitative estimate of drug-likeness (QED) is 0.879. The van der Waals surface area contributed by atoms with Crippen LogP contribution in [0.3, 0.4) is 0 Å². The molecule has 16 heavy (non-hydrogen) atoms. The van der Waals surface area contributed by atoms with E-state index in [1.54, 1.807) is 6.33 Å². The van der Waals surface area contributed by atoms with E-state index in [0.717, 1.165) is 23.3 Å². The first-order valence-electron chi connectivity index (χ1n) is 5.31. The van der Waals surface area contributed by atoms with E-state index in [-0.39, 0.29) is 0 Å². The summed E-state index contributed by atoms with van der Waals surface area (Å²) in [6, 6.07) is 6.19. The number of anilines is 1. The van der Waals surface area contributed by atoms with Gasteiger partial charge < -0.3 is 5.32 Å². The number of rotatable bonds is 3. The van der Waals surface area contributed by atoms with Crippen molar-refractivity contribution in [1.29, 1.82) is 0 Å². The molecule has 1 N–H and O–H groups in total. The largest absolute Gasteiger partial charge is 0.369 e. The normalized spacial score (nSPS) is 11.0. The van der Waals surface area contributed by atoms with E-state index in [4.69, 9.17) is 0 Å². The lowest BCUT2D eigenvalue weighted by molar-refractivity contribution is 0.687. The fraction of sp³-hybridized carbons (Fsp3) is 0.333. The van der Waals surface area contributed by atoms with Crippen LogP contribution in [0.4, 0.5) is 5.82 Å². The van der Waals surface area contributed by atoms with Crippen LogP contribution in [0.1, 0.15) is 13.8 Å². The summed E-state index contributed by atoms with van der Waals surface area (Å²) < 4.78 is 1.20. The van der Waals surface area contributed by atoms with Gasteiger partial charge in [-0.15, -0.1) is 0 Å². The molecule has 0 saturated carbocycles. The molecule has 0 spiro atoms. The number of benzene rings is 1. The SMILES string of the molecule is CC(C)CNc1ncnc2ccc(I)cc12.